The molecule has 22 nitrogen and oxygen atoms in total. The van der Waals surface area contributed by atoms with E-state index in [9.17, 15) is 46.3 Å². The molecule has 26 heteroatoms. The van der Waals surface area contributed by atoms with E-state index in [1.54, 1.807) is 51.2 Å². The summed E-state index contributed by atoms with van der Waals surface area (Å²) in [5.74, 6) is 0.818. The third-order valence-electron chi connectivity index (χ3n) is 25.4. The van der Waals surface area contributed by atoms with Gasteiger partial charge < -0.3 is 42.1 Å². The van der Waals surface area contributed by atoms with Gasteiger partial charge in [0.25, 0.3) is 16.7 Å². The molecule has 3 atom stereocenters. The summed E-state index contributed by atoms with van der Waals surface area (Å²) in [7, 11) is 3.83. The van der Waals surface area contributed by atoms with Crippen LogP contribution in [-0.2, 0) is 87.8 Å². The summed E-state index contributed by atoms with van der Waals surface area (Å²) in [5.41, 5.74) is 17.1. The molecule has 0 fully saturated rings. The number of pyridine rings is 6. The summed E-state index contributed by atoms with van der Waals surface area (Å²) in [5, 5.41) is 15.9. The van der Waals surface area contributed by atoms with Crippen LogP contribution in [0.25, 0.3) is 121 Å². The number of Topliss-reactive ketones (excluding diaryl/α,β-unsaturated/α-hetero) is 3. The number of carbonyl (C=O) groups excluding carboxylic acids is 3. The molecule has 0 radical (unpaired) electrons. The summed E-state index contributed by atoms with van der Waals surface area (Å²) in [6.45, 7) is 29.9. The van der Waals surface area contributed by atoms with Gasteiger partial charge in [-0.3, -0.25) is 53.1 Å². The van der Waals surface area contributed by atoms with E-state index >= 15 is 0 Å². The Labute approximate surface area is 781 Å². The number of aromatic nitrogens is 10. The molecule has 3 aliphatic rings. The fraction of sp³-hybridized carbons (Fsp3) is 0.300. The van der Waals surface area contributed by atoms with Gasteiger partial charge in [-0.25, -0.2) is 4.39 Å². The zero-order valence-electron chi connectivity index (χ0n) is 79.0. The largest absolute Gasteiger partial charge is 0.493 e. The van der Waals surface area contributed by atoms with Crippen molar-refractivity contribution in [2.24, 2.45) is 14.1 Å². The highest BCUT2D eigenvalue weighted by Crippen LogP contribution is 2.51. The van der Waals surface area contributed by atoms with Crippen LogP contribution in [-0.4, -0.2) is 102 Å². The van der Waals surface area contributed by atoms with Crippen molar-refractivity contribution in [1.82, 2.24) is 48.2 Å². The Balaban J connectivity index is 0.000000136. The van der Waals surface area contributed by atoms with E-state index in [1.165, 1.54) is 28.7 Å². The maximum absolute atomic E-state index is 14.4. The molecular weight excluding hydrogens is 1730 g/mol. The highest BCUT2D eigenvalue weighted by molar-refractivity contribution is 6.12. The van der Waals surface area contributed by atoms with Crippen LogP contribution in [0.4, 0.5) is 17.6 Å². The lowest BCUT2D eigenvalue weighted by atomic mass is 9.85. The van der Waals surface area contributed by atoms with Gasteiger partial charge in [0.15, 0.2) is 17.3 Å². The Morgan fingerprint density at radius 3 is 1.18 bits per heavy atom. The van der Waals surface area contributed by atoms with Crippen LogP contribution in [0.5, 0.6) is 17.2 Å². The third-order valence-corrected chi connectivity index (χ3v) is 25.4. The van der Waals surface area contributed by atoms with Gasteiger partial charge in [0, 0.05) is 130 Å². The summed E-state index contributed by atoms with van der Waals surface area (Å²) in [6, 6.07) is 48.0. The Morgan fingerprint density at radius 1 is 0.412 bits per heavy atom. The molecule has 11 heterocycles. The van der Waals surface area contributed by atoms with Crippen LogP contribution in [0.15, 0.2) is 209 Å². The van der Waals surface area contributed by atoms with Gasteiger partial charge in [-0.1, -0.05) is 18.2 Å². The topological polar surface area (TPSA) is 247 Å². The van der Waals surface area contributed by atoms with Gasteiger partial charge in [0.05, 0.1) is 118 Å². The molecule has 694 valence electrons. The van der Waals surface area contributed by atoms with Crippen LogP contribution in [0.3, 0.4) is 0 Å². The molecule has 20 rings (SSSR count). The summed E-state index contributed by atoms with van der Waals surface area (Å²) >= 11 is 0. The van der Waals surface area contributed by atoms with Crippen LogP contribution >= 0.6 is 0 Å². The molecule has 0 aliphatic carbocycles. The lowest BCUT2D eigenvalue weighted by molar-refractivity contribution is -0.139. The summed E-state index contributed by atoms with van der Waals surface area (Å²) in [6.07, 6.45) is 3.96. The van der Waals surface area contributed by atoms with Crippen molar-refractivity contribution >= 4 is 105 Å². The normalized spacial score (nSPS) is 13.9. The van der Waals surface area contributed by atoms with E-state index in [0.717, 1.165) is 168 Å². The van der Waals surface area contributed by atoms with E-state index in [2.05, 4.69) is 16.3 Å². The molecule has 136 heavy (non-hydrogen) atoms. The molecule has 0 amide bonds. The SMILES string of the molecule is CC(=O)C(OC(C)(C)C)c1c(C)cc2c(ccc(=O)n2Cc2cc(F)cc(C(F)(F)F)c2)c1-c1ccc2c3c(ccnc13)CCO2.CC(=O)C(OC(C)(C)C)c1c(C)cc2c(ccc(=O)n2Cc2ccc3c(cnn3C)c2)c1-c1ccc2c3c(ccnc13)CCO2.CC(=O)C(OC(C)(C)C)c1c(C)cc2c(ccc(=O)n2Cc2cccc3c2cnn3C)c1-c1ccc2c3c(ccnc13)CCO2. The number of aryl methyl sites for hydroxylation is 5. The van der Waals surface area contributed by atoms with Crippen LogP contribution < -0.4 is 30.9 Å². The molecule has 0 saturated heterocycles. The molecule has 0 bridgehead atoms. The summed E-state index contributed by atoms with van der Waals surface area (Å²) < 4.78 is 101. The minimum Gasteiger partial charge on any atom is -0.493 e. The molecule has 8 aromatic heterocycles. The number of benzene rings is 9. The average molecular weight is 1830 g/mol. The fourth-order valence-corrected chi connectivity index (χ4v) is 19.7. The van der Waals surface area contributed by atoms with Gasteiger partial charge in [0.2, 0.25) is 0 Å². The number of ketones is 3. The van der Waals surface area contributed by atoms with Crippen molar-refractivity contribution in [2.45, 2.75) is 184 Å². The first-order chi connectivity index (χ1) is 64.6. The highest BCUT2D eigenvalue weighted by atomic mass is 19.4. The quantitative estimate of drug-likeness (QED) is 0.0724. The predicted molar refractivity (Wildman–Crippen MR) is 522 cm³/mol. The van der Waals surface area contributed by atoms with E-state index in [1.807, 2.05) is 243 Å². The first kappa shape index (κ1) is 92.2. The lowest BCUT2D eigenvalue weighted by Gasteiger charge is -2.30. The number of ether oxygens (including phenoxy) is 6. The van der Waals surface area contributed by atoms with E-state index in [-0.39, 0.29) is 40.6 Å². The maximum Gasteiger partial charge on any atom is 0.416 e. The fourth-order valence-electron chi connectivity index (χ4n) is 19.7. The number of alkyl halides is 3. The second-order valence-corrected chi connectivity index (χ2v) is 38.5. The standard InChI is InChI=1S/2C37H36N4O4.C36H32F4N2O4/c1-21-17-29-26(9-12-31(43)41(29)20-23-7-10-28-25(18-23)19-39-40(28)6)34(32(21)36(22(2)42)45-37(3,4)5)27-8-11-30-33-24(14-16-44-30)13-15-38-35(27)33;1-21-18-29-25(11-13-31(43)41(29)20-24-8-7-9-28-27(24)19-39-40(28)6)34(32(21)36(22(2)42)45-37(3,4)5)26-10-12-30-33-23(15-17-44-30)14-16-38-35(26)33;1-19-14-27-25(7-9-29(44)42(27)18-21-15-23(36(38,39)40)17-24(37)16-21)32(30(19)34(20(2)43)46-35(3,4)5)26-6-8-28-31-22(11-13-45-28)10-12-41-33(26)31/h7-13,15,17-19,36H,14,16,20H2,1-6H3;7-14,16,18-19,36H,15,17,20H2,1-6H3;6-10,12,14-17,34H,11,13,18H2,1-5H3. The summed E-state index contributed by atoms with van der Waals surface area (Å²) in [4.78, 5) is 95.1. The molecule has 0 saturated carbocycles. The number of carbonyl (C=O) groups is 3. The monoisotopic (exact) mass is 1830 g/mol. The number of fused-ring (bicyclic) bond motifs is 5. The number of rotatable bonds is 18. The molecule has 17 aromatic rings. The van der Waals surface area contributed by atoms with E-state index < -0.39 is 58.2 Å². The van der Waals surface area contributed by atoms with Crippen molar-refractivity contribution in [2.75, 3.05) is 19.8 Å². The third kappa shape index (κ3) is 17.6. The average Bonchev–Trinajstić information content (AvgIpc) is 0.774. The second-order valence-electron chi connectivity index (χ2n) is 38.5. The number of halogens is 4. The molecule has 0 spiro atoms. The Morgan fingerprint density at radius 2 is 0.794 bits per heavy atom. The van der Waals surface area contributed by atoms with Crippen LogP contribution in [0.1, 0.15) is 174 Å². The maximum atomic E-state index is 14.4. The van der Waals surface area contributed by atoms with Crippen molar-refractivity contribution in [3.63, 3.8) is 0 Å². The Kier molecular flexibility index (Phi) is 24.1. The molecule has 3 unspecified atom stereocenters. The van der Waals surface area contributed by atoms with E-state index in [4.69, 9.17) is 43.4 Å². The van der Waals surface area contributed by atoms with Crippen molar-refractivity contribution in [1.29, 1.82) is 0 Å². The number of hydrogen-bond acceptors (Lipinski definition) is 17. The predicted octanol–water partition coefficient (Wildman–Crippen LogP) is 21.8. The Bertz CT molecular complexity index is 7990. The van der Waals surface area contributed by atoms with Crippen molar-refractivity contribution < 1.29 is 60.4 Å². The second kappa shape index (κ2) is 35.6. The molecular formula is C110H104F4N10O12. The lowest BCUT2D eigenvalue weighted by Crippen LogP contribution is -2.27. The molecule has 9 aromatic carbocycles. The van der Waals surface area contributed by atoms with Crippen LogP contribution in [0, 0.1) is 26.6 Å². The highest BCUT2D eigenvalue weighted by Gasteiger charge is 2.38. The van der Waals surface area contributed by atoms with Gasteiger partial charge >= 0.3 is 6.18 Å². The van der Waals surface area contributed by atoms with Crippen LogP contribution in [0.2, 0.25) is 0 Å². The van der Waals surface area contributed by atoms with Gasteiger partial charge in [-0.15, -0.1) is 0 Å². The first-order valence-corrected chi connectivity index (χ1v) is 45.5. The first-order valence-electron chi connectivity index (χ1n) is 45.5. The number of hydrogen-bond donors (Lipinski definition) is 0. The Hall–Kier alpha value is -14.2. The van der Waals surface area contributed by atoms with Gasteiger partial charge in [0.1, 0.15) is 41.4 Å². The minimum atomic E-state index is -4.76. The zero-order valence-corrected chi connectivity index (χ0v) is 79.0. The van der Waals surface area contributed by atoms with E-state index in [0.29, 0.717) is 89.8 Å². The molecule has 3 aliphatic heterocycles. The van der Waals surface area contributed by atoms with Gasteiger partial charge in [-0.2, -0.15) is 23.4 Å². The zero-order chi connectivity index (χ0) is 96.4. The molecule has 0 N–H and O–H groups in total. The van der Waals surface area contributed by atoms with Crippen molar-refractivity contribution in [3.8, 4) is 50.6 Å². The smallest absolute Gasteiger partial charge is 0.416 e. The number of nitrogens with zero attached hydrogens (tertiary/aromatic N) is 10. The van der Waals surface area contributed by atoms with Gasteiger partial charge in [-0.05, 0) is 315 Å². The van der Waals surface area contributed by atoms with Crippen molar-refractivity contribution in [3.05, 3.63) is 304 Å². The minimum absolute atomic E-state index is 0.0247.